The van der Waals surface area contributed by atoms with E-state index in [0.717, 1.165) is 11.3 Å². The van der Waals surface area contributed by atoms with E-state index in [1.54, 1.807) is 4.90 Å². The van der Waals surface area contributed by atoms with Crippen molar-refractivity contribution in [3.63, 3.8) is 0 Å². The minimum absolute atomic E-state index is 0.0851. The molecule has 102 valence electrons. The van der Waals surface area contributed by atoms with Gasteiger partial charge in [-0.3, -0.25) is 9.59 Å². The maximum absolute atomic E-state index is 12.0. The number of carbonyl (C=O) groups is 2. The molecule has 1 saturated heterocycles. The summed E-state index contributed by atoms with van der Waals surface area (Å²) in [6.45, 7) is 6.52. The first-order valence-electron chi connectivity index (χ1n) is 6.43. The fourth-order valence-electron chi connectivity index (χ4n) is 2.45. The lowest BCUT2D eigenvalue weighted by atomic mass is 9.85. The van der Waals surface area contributed by atoms with E-state index in [1.165, 1.54) is 0 Å². The summed E-state index contributed by atoms with van der Waals surface area (Å²) in [6, 6.07) is 7.71. The number of hydrogen-bond acceptors (Lipinski definition) is 2. The molecule has 0 aliphatic carbocycles. The second kappa shape index (κ2) is 4.68. The van der Waals surface area contributed by atoms with Crippen LogP contribution in [0.15, 0.2) is 24.3 Å². The normalized spacial score (nSPS) is 19.8. The first kappa shape index (κ1) is 13.6. The number of nitrogens with zero attached hydrogens (tertiary/aromatic N) is 1. The Labute approximate surface area is 113 Å². The van der Waals surface area contributed by atoms with Gasteiger partial charge in [0.2, 0.25) is 5.91 Å². The molecule has 0 spiro atoms. The highest BCUT2D eigenvalue weighted by molar-refractivity contribution is 5.99. The maximum Gasteiger partial charge on any atom is 0.308 e. The Bertz CT molecular complexity index is 516. The lowest BCUT2D eigenvalue weighted by Crippen LogP contribution is -2.28. The highest BCUT2D eigenvalue weighted by atomic mass is 16.4. The Kier molecular flexibility index (Phi) is 3.35. The molecule has 1 aromatic rings. The highest BCUT2D eigenvalue weighted by Gasteiger charge is 2.36. The van der Waals surface area contributed by atoms with Gasteiger partial charge in [0.1, 0.15) is 0 Å². The minimum atomic E-state index is -0.899. The van der Waals surface area contributed by atoms with Gasteiger partial charge in [0, 0.05) is 18.7 Å². The van der Waals surface area contributed by atoms with Crippen molar-refractivity contribution in [1.29, 1.82) is 0 Å². The van der Waals surface area contributed by atoms with Gasteiger partial charge in [0.05, 0.1) is 5.92 Å². The summed E-state index contributed by atoms with van der Waals surface area (Å²) in [6.07, 6.45) is 0.0911. The van der Waals surface area contributed by atoms with E-state index in [0.29, 0.717) is 0 Å². The average molecular weight is 261 g/mol. The van der Waals surface area contributed by atoms with Crippen LogP contribution >= 0.6 is 0 Å². The predicted octanol–water partition coefficient (Wildman–Crippen LogP) is 2.42. The zero-order valence-corrected chi connectivity index (χ0v) is 11.5. The number of aliphatic carboxylic acids is 1. The van der Waals surface area contributed by atoms with E-state index < -0.39 is 11.9 Å². The van der Waals surface area contributed by atoms with Gasteiger partial charge in [-0.1, -0.05) is 39.0 Å². The van der Waals surface area contributed by atoms with Crippen LogP contribution in [0.4, 0.5) is 5.69 Å². The summed E-state index contributed by atoms with van der Waals surface area (Å²) in [5.74, 6) is -1.60. The van der Waals surface area contributed by atoms with Crippen molar-refractivity contribution >= 4 is 17.6 Å². The molecule has 1 amide bonds. The third-order valence-electron chi connectivity index (χ3n) is 3.48. The lowest BCUT2D eigenvalue weighted by molar-refractivity contribution is -0.141. The Morgan fingerprint density at radius 3 is 2.47 bits per heavy atom. The molecule has 0 radical (unpaired) electrons. The summed E-state index contributed by atoms with van der Waals surface area (Å²) in [4.78, 5) is 24.7. The van der Waals surface area contributed by atoms with Crippen LogP contribution in [0.5, 0.6) is 0 Å². The standard InChI is InChI=1S/C15H19NO3/c1-15(2,3)11-6-4-5-7-12(11)16-9-10(14(18)19)8-13(16)17/h4-7,10H,8-9H2,1-3H3,(H,18,19). The molecule has 1 atom stereocenters. The fourth-order valence-corrected chi connectivity index (χ4v) is 2.45. The molecule has 19 heavy (non-hydrogen) atoms. The van der Waals surface area contributed by atoms with E-state index in [1.807, 2.05) is 24.3 Å². The van der Waals surface area contributed by atoms with Gasteiger partial charge in [-0.05, 0) is 17.0 Å². The number of amides is 1. The molecule has 1 N–H and O–H groups in total. The quantitative estimate of drug-likeness (QED) is 0.889. The van der Waals surface area contributed by atoms with E-state index in [9.17, 15) is 9.59 Å². The van der Waals surface area contributed by atoms with Crippen LogP contribution in [-0.4, -0.2) is 23.5 Å². The molecule has 0 saturated carbocycles. The molecule has 0 aromatic heterocycles. The van der Waals surface area contributed by atoms with E-state index in [4.69, 9.17) is 5.11 Å². The molecule has 1 unspecified atom stereocenters. The number of carboxylic acids is 1. The largest absolute Gasteiger partial charge is 0.481 e. The summed E-state index contributed by atoms with van der Waals surface area (Å²) >= 11 is 0. The Morgan fingerprint density at radius 2 is 1.95 bits per heavy atom. The summed E-state index contributed by atoms with van der Waals surface area (Å²) in [5, 5.41) is 9.05. The number of para-hydroxylation sites is 1. The zero-order valence-electron chi connectivity index (χ0n) is 11.5. The summed E-state index contributed by atoms with van der Waals surface area (Å²) in [7, 11) is 0. The van der Waals surface area contributed by atoms with Gasteiger partial charge in [-0.2, -0.15) is 0 Å². The minimum Gasteiger partial charge on any atom is -0.481 e. The van der Waals surface area contributed by atoms with Gasteiger partial charge in [0.25, 0.3) is 0 Å². The smallest absolute Gasteiger partial charge is 0.308 e. The number of carbonyl (C=O) groups excluding carboxylic acids is 1. The number of hydrogen-bond donors (Lipinski definition) is 1. The van der Waals surface area contributed by atoms with E-state index in [2.05, 4.69) is 20.8 Å². The summed E-state index contributed by atoms with van der Waals surface area (Å²) < 4.78 is 0. The van der Waals surface area contributed by atoms with Crippen molar-refractivity contribution in [1.82, 2.24) is 0 Å². The van der Waals surface area contributed by atoms with Gasteiger partial charge >= 0.3 is 5.97 Å². The number of benzene rings is 1. The van der Waals surface area contributed by atoms with E-state index >= 15 is 0 Å². The molecule has 0 bridgehead atoms. The van der Waals surface area contributed by atoms with Crippen molar-refractivity contribution in [3.05, 3.63) is 29.8 Å². The molecule has 2 rings (SSSR count). The van der Waals surface area contributed by atoms with Crippen LogP contribution in [0.1, 0.15) is 32.8 Å². The average Bonchev–Trinajstić information content (AvgIpc) is 2.70. The number of anilines is 1. The van der Waals surface area contributed by atoms with Crippen LogP contribution in [0.2, 0.25) is 0 Å². The van der Waals surface area contributed by atoms with Crippen molar-refractivity contribution in [3.8, 4) is 0 Å². The number of carboxylic acid groups (broad SMARTS) is 1. The van der Waals surface area contributed by atoms with Crippen molar-refractivity contribution in [2.45, 2.75) is 32.6 Å². The molecular weight excluding hydrogens is 242 g/mol. The zero-order chi connectivity index (χ0) is 14.2. The molecular formula is C15H19NO3. The third-order valence-corrected chi connectivity index (χ3v) is 3.48. The van der Waals surface area contributed by atoms with Crippen molar-refractivity contribution in [2.75, 3.05) is 11.4 Å². The second-order valence-corrected chi connectivity index (χ2v) is 6.01. The fraction of sp³-hybridized carbons (Fsp3) is 0.467. The molecule has 4 nitrogen and oxygen atoms in total. The summed E-state index contributed by atoms with van der Waals surface area (Å²) in [5.41, 5.74) is 1.82. The topological polar surface area (TPSA) is 57.6 Å². The molecule has 1 fully saturated rings. The Morgan fingerprint density at radius 1 is 1.32 bits per heavy atom. The van der Waals surface area contributed by atoms with E-state index in [-0.39, 0.29) is 24.3 Å². The monoisotopic (exact) mass is 261 g/mol. The first-order chi connectivity index (χ1) is 8.80. The molecule has 1 aromatic carbocycles. The van der Waals surface area contributed by atoms with Gasteiger partial charge in [-0.25, -0.2) is 0 Å². The number of rotatable bonds is 2. The van der Waals surface area contributed by atoms with Crippen LogP contribution in [0.25, 0.3) is 0 Å². The van der Waals surface area contributed by atoms with Crippen LogP contribution in [0.3, 0.4) is 0 Å². The third kappa shape index (κ3) is 2.62. The molecule has 1 aliphatic rings. The SMILES string of the molecule is CC(C)(C)c1ccccc1N1CC(C(=O)O)CC1=O. The highest BCUT2D eigenvalue weighted by Crippen LogP contribution is 2.34. The van der Waals surface area contributed by atoms with Crippen molar-refractivity contribution in [2.24, 2.45) is 5.92 Å². The Hall–Kier alpha value is -1.84. The molecule has 1 heterocycles. The van der Waals surface area contributed by atoms with Gasteiger partial charge in [0.15, 0.2) is 0 Å². The van der Waals surface area contributed by atoms with Gasteiger partial charge in [-0.15, -0.1) is 0 Å². The predicted molar refractivity (Wildman–Crippen MR) is 73.2 cm³/mol. The first-order valence-corrected chi connectivity index (χ1v) is 6.43. The molecule has 4 heteroatoms. The maximum atomic E-state index is 12.0. The van der Waals surface area contributed by atoms with Crippen molar-refractivity contribution < 1.29 is 14.7 Å². The van der Waals surface area contributed by atoms with Gasteiger partial charge < -0.3 is 10.0 Å². The van der Waals surface area contributed by atoms with Crippen LogP contribution < -0.4 is 4.90 Å². The van der Waals surface area contributed by atoms with Crippen LogP contribution in [0, 0.1) is 5.92 Å². The Balaban J connectivity index is 2.38. The molecule has 1 aliphatic heterocycles. The van der Waals surface area contributed by atoms with Crippen LogP contribution in [-0.2, 0) is 15.0 Å². The lowest BCUT2D eigenvalue weighted by Gasteiger charge is -2.27. The second-order valence-electron chi connectivity index (χ2n) is 6.01.